The summed E-state index contributed by atoms with van der Waals surface area (Å²) >= 11 is 5.90. The van der Waals surface area contributed by atoms with Crippen LogP contribution in [0.2, 0.25) is 5.02 Å². The topological polar surface area (TPSA) is 21.3 Å². The second kappa shape index (κ2) is 7.72. The van der Waals surface area contributed by atoms with E-state index in [2.05, 4.69) is 5.32 Å². The van der Waals surface area contributed by atoms with Gasteiger partial charge in [0.15, 0.2) is 0 Å². The molecule has 1 aromatic carbocycles. The summed E-state index contributed by atoms with van der Waals surface area (Å²) in [6, 6.07) is 4.74. The molecule has 1 rings (SSSR count). The van der Waals surface area contributed by atoms with Crippen molar-refractivity contribution in [2.45, 2.75) is 39.3 Å². The molecule has 0 aliphatic heterocycles. The van der Waals surface area contributed by atoms with Crippen molar-refractivity contribution in [3.63, 3.8) is 0 Å². The van der Waals surface area contributed by atoms with Gasteiger partial charge in [0.2, 0.25) is 0 Å². The average Bonchev–Trinajstić information content (AvgIpc) is 2.33. The van der Waals surface area contributed by atoms with Gasteiger partial charge in [0.25, 0.3) is 0 Å². The molecule has 4 heteroatoms. The van der Waals surface area contributed by atoms with Gasteiger partial charge in [-0.05, 0) is 50.6 Å². The van der Waals surface area contributed by atoms with E-state index in [0.29, 0.717) is 23.6 Å². The first-order valence-electron chi connectivity index (χ1n) is 6.37. The summed E-state index contributed by atoms with van der Waals surface area (Å²) in [5, 5.41) is 3.89. The van der Waals surface area contributed by atoms with Gasteiger partial charge in [-0.15, -0.1) is 0 Å². The number of nitrogens with one attached hydrogen (secondary N) is 1. The minimum atomic E-state index is -0.217. The van der Waals surface area contributed by atoms with Crippen molar-refractivity contribution in [1.29, 1.82) is 0 Å². The molecule has 0 saturated heterocycles. The summed E-state index contributed by atoms with van der Waals surface area (Å²) < 4.78 is 19.3. The number of hydrogen-bond acceptors (Lipinski definition) is 2. The van der Waals surface area contributed by atoms with E-state index in [0.717, 1.165) is 6.54 Å². The summed E-state index contributed by atoms with van der Waals surface area (Å²) in [5.41, 5.74) is 0.625. The molecule has 2 unspecified atom stereocenters. The highest BCUT2D eigenvalue weighted by molar-refractivity contribution is 6.30. The Labute approximate surface area is 113 Å². The fraction of sp³-hybridized carbons (Fsp3) is 0.571. The lowest BCUT2D eigenvalue weighted by molar-refractivity contribution is 0.0478. The Kier molecular flexibility index (Phi) is 6.61. The van der Waals surface area contributed by atoms with E-state index in [9.17, 15) is 4.39 Å². The van der Waals surface area contributed by atoms with Gasteiger partial charge in [0, 0.05) is 17.7 Å². The van der Waals surface area contributed by atoms with Gasteiger partial charge in [0.1, 0.15) is 5.82 Å². The second-order valence-electron chi connectivity index (χ2n) is 4.26. The van der Waals surface area contributed by atoms with E-state index in [-0.39, 0.29) is 18.0 Å². The molecule has 0 aliphatic carbocycles. The molecule has 0 saturated carbocycles. The summed E-state index contributed by atoms with van der Waals surface area (Å²) in [6.45, 7) is 7.46. The van der Waals surface area contributed by atoms with Gasteiger partial charge in [-0.3, -0.25) is 0 Å². The molecule has 1 aromatic rings. The Morgan fingerprint density at radius 2 is 2.11 bits per heavy atom. The molecule has 0 spiro atoms. The molecule has 2 nitrogen and oxygen atoms in total. The van der Waals surface area contributed by atoms with Crippen LogP contribution in [-0.4, -0.2) is 25.3 Å². The average molecular weight is 274 g/mol. The van der Waals surface area contributed by atoms with E-state index in [1.165, 1.54) is 6.07 Å². The van der Waals surface area contributed by atoms with E-state index in [4.69, 9.17) is 16.3 Å². The van der Waals surface area contributed by atoms with Gasteiger partial charge in [-0.2, -0.15) is 0 Å². The van der Waals surface area contributed by atoms with Crippen molar-refractivity contribution in [2.75, 3.05) is 13.2 Å². The first-order chi connectivity index (χ1) is 8.58. The zero-order chi connectivity index (χ0) is 13.5. The van der Waals surface area contributed by atoms with Crippen LogP contribution in [0.1, 0.15) is 26.3 Å². The first-order valence-corrected chi connectivity index (χ1v) is 6.75. The number of rotatable bonds is 7. The Balaban J connectivity index is 2.78. The molecular formula is C14H21ClFNO. The summed E-state index contributed by atoms with van der Waals surface area (Å²) in [6.07, 6.45) is 0.606. The van der Waals surface area contributed by atoms with Gasteiger partial charge >= 0.3 is 0 Å². The van der Waals surface area contributed by atoms with Crippen LogP contribution in [-0.2, 0) is 11.2 Å². The van der Waals surface area contributed by atoms with E-state index in [1.807, 2.05) is 20.8 Å². The molecule has 2 atom stereocenters. The maximum absolute atomic E-state index is 13.7. The number of hydrogen-bond donors (Lipinski definition) is 1. The van der Waals surface area contributed by atoms with Crippen LogP contribution in [0.5, 0.6) is 0 Å². The number of benzene rings is 1. The summed E-state index contributed by atoms with van der Waals surface area (Å²) in [4.78, 5) is 0. The lowest BCUT2D eigenvalue weighted by Crippen LogP contribution is -2.41. The lowest BCUT2D eigenvalue weighted by atomic mass is 10.0. The first kappa shape index (κ1) is 15.4. The van der Waals surface area contributed by atoms with Crippen molar-refractivity contribution in [2.24, 2.45) is 0 Å². The number of likely N-dealkylation sites (N-methyl/N-ethyl adjacent to an activating group) is 1. The van der Waals surface area contributed by atoms with Crippen molar-refractivity contribution in [1.82, 2.24) is 5.32 Å². The molecule has 0 fully saturated rings. The van der Waals surface area contributed by atoms with Crippen molar-refractivity contribution in [3.05, 3.63) is 34.6 Å². The molecule has 0 radical (unpaired) electrons. The van der Waals surface area contributed by atoms with Crippen LogP contribution in [0.25, 0.3) is 0 Å². The maximum Gasteiger partial charge on any atom is 0.126 e. The Morgan fingerprint density at radius 1 is 1.39 bits per heavy atom. The van der Waals surface area contributed by atoms with Crippen molar-refractivity contribution >= 4 is 11.6 Å². The monoisotopic (exact) mass is 273 g/mol. The predicted octanol–water partition coefficient (Wildman–Crippen LogP) is 3.42. The lowest BCUT2D eigenvalue weighted by Gasteiger charge is -2.25. The molecule has 0 aromatic heterocycles. The quantitative estimate of drug-likeness (QED) is 0.822. The molecule has 0 bridgehead atoms. The minimum Gasteiger partial charge on any atom is -0.377 e. The zero-order valence-electron chi connectivity index (χ0n) is 11.2. The van der Waals surface area contributed by atoms with Crippen LogP contribution in [0, 0.1) is 5.82 Å². The highest BCUT2D eigenvalue weighted by Gasteiger charge is 2.18. The fourth-order valence-electron chi connectivity index (χ4n) is 1.98. The fourth-order valence-corrected chi connectivity index (χ4v) is 2.18. The third kappa shape index (κ3) is 4.56. The van der Waals surface area contributed by atoms with Crippen LogP contribution in [0.15, 0.2) is 18.2 Å². The van der Waals surface area contributed by atoms with Gasteiger partial charge in [-0.25, -0.2) is 4.39 Å². The third-order valence-electron chi connectivity index (χ3n) is 2.91. The van der Waals surface area contributed by atoms with Crippen LogP contribution < -0.4 is 5.32 Å². The van der Waals surface area contributed by atoms with E-state index < -0.39 is 0 Å². The molecule has 0 heterocycles. The third-order valence-corrected chi connectivity index (χ3v) is 3.15. The van der Waals surface area contributed by atoms with Crippen molar-refractivity contribution in [3.8, 4) is 0 Å². The van der Waals surface area contributed by atoms with Crippen LogP contribution in [0.3, 0.4) is 0 Å². The zero-order valence-corrected chi connectivity index (χ0v) is 11.9. The Morgan fingerprint density at radius 3 is 2.72 bits per heavy atom. The Hall–Kier alpha value is -0.640. The van der Waals surface area contributed by atoms with E-state index in [1.54, 1.807) is 12.1 Å². The molecule has 0 amide bonds. The highest BCUT2D eigenvalue weighted by Crippen LogP contribution is 2.17. The molecule has 102 valence electrons. The van der Waals surface area contributed by atoms with Crippen LogP contribution >= 0.6 is 11.6 Å². The van der Waals surface area contributed by atoms with Crippen LogP contribution in [0.4, 0.5) is 4.39 Å². The predicted molar refractivity (Wildman–Crippen MR) is 73.7 cm³/mol. The van der Waals surface area contributed by atoms with Crippen molar-refractivity contribution < 1.29 is 9.13 Å². The smallest absolute Gasteiger partial charge is 0.126 e. The summed E-state index contributed by atoms with van der Waals surface area (Å²) in [7, 11) is 0. The normalized spacial score (nSPS) is 14.5. The SMILES string of the molecule is CCNC(Cc1cc(Cl)ccc1F)C(C)OCC. The van der Waals surface area contributed by atoms with Gasteiger partial charge in [0.05, 0.1) is 6.10 Å². The van der Waals surface area contributed by atoms with Gasteiger partial charge in [-0.1, -0.05) is 18.5 Å². The highest BCUT2D eigenvalue weighted by atomic mass is 35.5. The molecule has 1 N–H and O–H groups in total. The van der Waals surface area contributed by atoms with Gasteiger partial charge < -0.3 is 10.1 Å². The number of halogens is 2. The number of ether oxygens (including phenoxy) is 1. The maximum atomic E-state index is 13.7. The minimum absolute atomic E-state index is 0.0355. The Bertz CT molecular complexity index is 373. The second-order valence-corrected chi connectivity index (χ2v) is 4.70. The standard InChI is InChI=1S/C14H21ClFNO/c1-4-17-14(10(3)18-5-2)9-11-8-12(15)6-7-13(11)16/h6-8,10,14,17H,4-5,9H2,1-3H3. The summed E-state index contributed by atoms with van der Waals surface area (Å²) in [5.74, 6) is -0.217. The molecule has 0 aliphatic rings. The molecular weight excluding hydrogens is 253 g/mol. The molecule has 18 heavy (non-hydrogen) atoms. The largest absolute Gasteiger partial charge is 0.377 e. The van der Waals surface area contributed by atoms with E-state index >= 15 is 0 Å².